The van der Waals surface area contributed by atoms with Gasteiger partial charge in [-0.15, -0.1) is 10.2 Å². The van der Waals surface area contributed by atoms with Gasteiger partial charge in [0.2, 0.25) is 11.8 Å². The number of nitrogens with zero attached hydrogens (tertiary/aromatic N) is 3. The van der Waals surface area contributed by atoms with Crippen LogP contribution in [-0.2, 0) is 6.54 Å². The summed E-state index contributed by atoms with van der Waals surface area (Å²) in [5, 5.41) is 11.4. The van der Waals surface area contributed by atoms with Crippen LogP contribution in [-0.4, -0.2) is 34.2 Å². The van der Waals surface area contributed by atoms with Crippen molar-refractivity contribution in [3.63, 3.8) is 0 Å². The second kappa shape index (κ2) is 6.95. The molecular weight excluding hydrogens is 319 g/mol. The smallest absolute Gasteiger partial charge is 0.230 e. The summed E-state index contributed by atoms with van der Waals surface area (Å²) in [7, 11) is 0. The van der Waals surface area contributed by atoms with Crippen LogP contribution in [0.15, 0.2) is 22.6 Å². The lowest BCUT2D eigenvalue weighted by Gasteiger charge is -2.28. The van der Waals surface area contributed by atoms with Gasteiger partial charge in [0.05, 0.1) is 17.6 Å². The van der Waals surface area contributed by atoms with Gasteiger partial charge in [-0.2, -0.15) is 0 Å². The number of aromatic nitrogens is 2. The van der Waals surface area contributed by atoms with E-state index in [0.717, 1.165) is 25.1 Å². The molecular formula is C16H20ClFN4O. The largest absolute Gasteiger partial charge is 0.424 e. The van der Waals surface area contributed by atoms with Gasteiger partial charge in [-0.1, -0.05) is 24.6 Å². The highest BCUT2D eigenvalue weighted by Gasteiger charge is 2.34. The summed E-state index contributed by atoms with van der Waals surface area (Å²) in [5.74, 6) is 0.747. The first kappa shape index (κ1) is 16.4. The second-order valence-corrected chi connectivity index (χ2v) is 6.15. The fourth-order valence-corrected chi connectivity index (χ4v) is 3.31. The molecule has 0 spiro atoms. The zero-order chi connectivity index (χ0) is 16.4. The van der Waals surface area contributed by atoms with E-state index in [1.807, 2.05) is 6.07 Å². The molecule has 0 aliphatic carbocycles. The highest BCUT2D eigenvalue weighted by Crippen LogP contribution is 2.33. The van der Waals surface area contributed by atoms with E-state index in [-0.39, 0.29) is 22.9 Å². The number of rotatable bonds is 5. The third kappa shape index (κ3) is 3.54. The molecule has 1 aliphatic heterocycles. The second-order valence-electron chi connectivity index (χ2n) is 5.74. The minimum absolute atomic E-state index is 0.107. The molecule has 0 unspecified atom stereocenters. The molecule has 3 rings (SSSR count). The van der Waals surface area contributed by atoms with Crippen molar-refractivity contribution in [2.45, 2.75) is 38.9 Å². The lowest BCUT2D eigenvalue weighted by atomic mass is 10.00. The summed E-state index contributed by atoms with van der Waals surface area (Å²) in [6.45, 7) is 6.27. The van der Waals surface area contributed by atoms with Crippen molar-refractivity contribution in [1.29, 1.82) is 0 Å². The van der Waals surface area contributed by atoms with Crippen LogP contribution in [0.3, 0.4) is 0 Å². The average molecular weight is 339 g/mol. The van der Waals surface area contributed by atoms with E-state index in [2.05, 4.69) is 27.3 Å². The normalized spacial score (nSPS) is 21.9. The van der Waals surface area contributed by atoms with Gasteiger partial charge < -0.3 is 9.73 Å². The van der Waals surface area contributed by atoms with Crippen LogP contribution in [0, 0.1) is 12.7 Å². The standard InChI is InChI=1S/C16H20ClFN4O/c1-3-22-7-6-14(19-9-15-21-20-10(2)23-15)16(22)11-4-5-12(17)13(18)8-11/h4-5,8,14,16,19H,3,6-7,9H2,1-2H3/t14-,16+/m0/s1. The summed E-state index contributed by atoms with van der Waals surface area (Å²) in [6, 6.07) is 5.36. The van der Waals surface area contributed by atoms with E-state index in [0.29, 0.717) is 18.3 Å². The van der Waals surface area contributed by atoms with Crippen molar-refractivity contribution >= 4 is 11.6 Å². The monoisotopic (exact) mass is 338 g/mol. The summed E-state index contributed by atoms with van der Waals surface area (Å²) < 4.78 is 19.2. The van der Waals surface area contributed by atoms with Crippen LogP contribution in [0.4, 0.5) is 4.39 Å². The molecule has 7 heteroatoms. The highest BCUT2D eigenvalue weighted by molar-refractivity contribution is 6.30. The van der Waals surface area contributed by atoms with Crippen molar-refractivity contribution in [2.24, 2.45) is 0 Å². The zero-order valence-corrected chi connectivity index (χ0v) is 14.0. The third-order valence-corrected chi connectivity index (χ3v) is 4.58. The van der Waals surface area contributed by atoms with Crippen molar-refractivity contribution in [3.8, 4) is 0 Å². The summed E-state index contributed by atoms with van der Waals surface area (Å²) in [5.41, 5.74) is 0.936. The zero-order valence-electron chi connectivity index (χ0n) is 13.2. The first-order chi connectivity index (χ1) is 11.1. The Kier molecular flexibility index (Phi) is 4.94. The van der Waals surface area contributed by atoms with Gasteiger partial charge in [-0.05, 0) is 30.7 Å². The topological polar surface area (TPSA) is 54.2 Å². The molecule has 23 heavy (non-hydrogen) atoms. The molecule has 0 amide bonds. The number of nitrogens with one attached hydrogen (secondary N) is 1. The minimum Gasteiger partial charge on any atom is -0.424 e. The van der Waals surface area contributed by atoms with Crippen LogP contribution in [0.25, 0.3) is 0 Å². The molecule has 0 bridgehead atoms. The van der Waals surface area contributed by atoms with Gasteiger partial charge in [-0.25, -0.2) is 4.39 Å². The van der Waals surface area contributed by atoms with Crippen LogP contribution >= 0.6 is 11.6 Å². The summed E-state index contributed by atoms with van der Waals surface area (Å²) >= 11 is 5.81. The molecule has 0 radical (unpaired) electrons. The van der Waals surface area contributed by atoms with Gasteiger partial charge in [0.15, 0.2) is 0 Å². The van der Waals surface area contributed by atoms with Crippen molar-refractivity contribution in [1.82, 2.24) is 20.4 Å². The predicted molar refractivity (Wildman–Crippen MR) is 85.7 cm³/mol. The number of likely N-dealkylation sites (N-methyl/N-ethyl adjacent to an activating group) is 1. The summed E-state index contributed by atoms with van der Waals surface area (Å²) in [6.07, 6.45) is 0.982. The Morgan fingerprint density at radius 2 is 2.26 bits per heavy atom. The minimum atomic E-state index is -0.376. The maximum Gasteiger partial charge on any atom is 0.230 e. The van der Waals surface area contributed by atoms with Crippen LogP contribution in [0.5, 0.6) is 0 Å². The number of benzene rings is 1. The Labute approximate surface area is 139 Å². The van der Waals surface area contributed by atoms with Crippen molar-refractivity contribution < 1.29 is 8.81 Å². The number of aryl methyl sites for hydroxylation is 1. The van der Waals surface area contributed by atoms with Gasteiger partial charge in [0.25, 0.3) is 0 Å². The number of hydrogen-bond donors (Lipinski definition) is 1. The Morgan fingerprint density at radius 1 is 1.43 bits per heavy atom. The molecule has 1 N–H and O–H groups in total. The van der Waals surface area contributed by atoms with Crippen LogP contribution in [0.2, 0.25) is 5.02 Å². The SMILES string of the molecule is CCN1CC[C@H](NCc2nnc(C)o2)[C@H]1c1ccc(Cl)c(F)c1. The van der Waals surface area contributed by atoms with E-state index in [9.17, 15) is 4.39 Å². The number of hydrogen-bond acceptors (Lipinski definition) is 5. The van der Waals surface area contributed by atoms with E-state index in [1.54, 1.807) is 13.0 Å². The molecule has 1 fully saturated rings. The maximum absolute atomic E-state index is 13.8. The third-order valence-electron chi connectivity index (χ3n) is 4.28. The van der Waals surface area contributed by atoms with E-state index in [1.165, 1.54) is 6.07 Å². The van der Waals surface area contributed by atoms with Gasteiger partial charge in [0, 0.05) is 19.5 Å². The molecule has 2 aromatic rings. The Balaban J connectivity index is 1.76. The fourth-order valence-electron chi connectivity index (χ4n) is 3.19. The molecule has 1 saturated heterocycles. The fraction of sp³-hybridized carbons (Fsp3) is 0.500. The van der Waals surface area contributed by atoms with Crippen molar-refractivity contribution in [3.05, 3.63) is 46.4 Å². The highest BCUT2D eigenvalue weighted by atomic mass is 35.5. The van der Waals surface area contributed by atoms with E-state index < -0.39 is 0 Å². The van der Waals surface area contributed by atoms with E-state index in [4.69, 9.17) is 16.0 Å². The first-order valence-electron chi connectivity index (χ1n) is 7.80. The summed E-state index contributed by atoms with van der Waals surface area (Å²) in [4.78, 5) is 2.33. The Hall–Kier alpha value is -1.50. The Morgan fingerprint density at radius 3 is 2.91 bits per heavy atom. The molecule has 5 nitrogen and oxygen atoms in total. The maximum atomic E-state index is 13.8. The Bertz CT molecular complexity index is 678. The average Bonchev–Trinajstić information content (AvgIpc) is 3.13. The molecule has 1 aromatic heterocycles. The molecule has 124 valence electrons. The molecule has 1 aliphatic rings. The predicted octanol–water partition coefficient (Wildman–Crippen LogP) is 3.10. The first-order valence-corrected chi connectivity index (χ1v) is 8.17. The quantitative estimate of drug-likeness (QED) is 0.908. The van der Waals surface area contributed by atoms with Crippen LogP contribution in [0.1, 0.15) is 36.7 Å². The molecule has 2 heterocycles. The lowest BCUT2D eigenvalue weighted by molar-refractivity contribution is 0.245. The van der Waals surface area contributed by atoms with Crippen molar-refractivity contribution in [2.75, 3.05) is 13.1 Å². The van der Waals surface area contributed by atoms with Gasteiger partial charge in [0.1, 0.15) is 5.82 Å². The molecule has 1 aromatic carbocycles. The molecule has 0 saturated carbocycles. The van der Waals surface area contributed by atoms with Gasteiger partial charge in [-0.3, -0.25) is 4.90 Å². The number of halogens is 2. The lowest BCUT2D eigenvalue weighted by Crippen LogP contribution is -2.36. The molecule has 2 atom stereocenters. The van der Waals surface area contributed by atoms with Gasteiger partial charge >= 0.3 is 0 Å². The van der Waals surface area contributed by atoms with E-state index >= 15 is 0 Å². The van der Waals surface area contributed by atoms with Crippen LogP contribution < -0.4 is 5.32 Å². The number of likely N-dealkylation sites (tertiary alicyclic amines) is 1.